The SMILES string of the molecule is Cc1cc(C)cc(N2C[C@H](C)Cn3c2nc2c3c(=O)n(CCC(C)C)c(=O)n2C)c1. The first-order valence-corrected chi connectivity index (χ1v) is 10.7. The molecule has 3 heterocycles. The van der Waals surface area contributed by atoms with E-state index in [1.54, 1.807) is 7.05 Å². The number of fused-ring (bicyclic) bond motifs is 3. The Labute approximate surface area is 176 Å². The van der Waals surface area contributed by atoms with Crippen molar-refractivity contribution in [2.45, 2.75) is 54.1 Å². The van der Waals surface area contributed by atoms with Gasteiger partial charge in [-0.05, 0) is 55.4 Å². The van der Waals surface area contributed by atoms with Crippen LogP contribution in [-0.4, -0.2) is 25.2 Å². The van der Waals surface area contributed by atoms with E-state index in [2.05, 4.69) is 57.7 Å². The third kappa shape index (κ3) is 3.36. The van der Waals surface area contributed by atoms with E-state index in [1.165, 1.54) is 20.3 Å². The average Bonchev–Trinajstić information content (AvgIpc) is 3.04. The van der Waals surface area contributed by atoms with Crippen molar-refractivity contribution in [2.75, 3.05) is 11.4 Å². The average molecular weight is 410 g/mol. The molecule has 4 rings (SSSR count). The molecule has 0 amide bonds. The van der Waals surface area contributed by atoms with Crippen LogP contribution >= 0.6 is 0 Å². The Morgan fingerprint density at radius 3 is 2.40 bits per heavy atom. The van der Waals surface area contributed by atoms with Gasteiger partial charge in [0.25, 0.3) is 5.56 Å². The fourth-order valence-electron chi connectivity index (χ4n) is 4.41. The summed E-state index contributed by atoms with van der Waals surface area (Å²) in [5.41, 5.74) is 3.90. The minimum absolute atomic E-state index is 0.234. The second-order valence-corrected chi connectivity index (χ2v) is 9.24. The molecule has 1 atom stereocenters. The number of aromatic nitrogens is 4. The molecule has 3 aromatic rings. The summed E-state index contributed by atoms with van der Waals surface area (Å²) < 4.78 is 4.90. The largest absolute Gasteiger partial charge is 0.332 e. The Morgan fingerprint density at radius 2 is 1.77 bits per heavy atom. The molecule has 0 fully saturated rings. The molecule has 7 nitrogen and oxygen atoms in total. The van der Waals surface area contributed by atoms with Gasteiger partial charge in [0.1, 0.15) is 0 Å². The van der Waals surface area contributed by atoms with Crippen LogP contribution in [0.1, 0.15) is 38.3 Å². The van der Waals surface area contributed by atoms with Crippen molar-refractivity contribution < 1.29 is 0 Å². The van der Waals surface area contributed by atoms with Gasteiger partial charge in [-0.1, -0.05) is 26.8 Å². The maximum atomic E-state index is 13.4. The van der Waals surface area contributed by atoms with E-state index in [4.69, 9.17) is 4.98 Å². The minimum atomic E-state index is -0.297. The van der Waals surface area contributed by atoms with Gasteiger partial charge in [0.2, 0.25) is 5.95 Å². The summed E-state index contributed by atoms with van der Waals surface area (Å²) in [7, 11) is 1.71. The summed E-state index contributed by atoms with van der Waals surface area (Å²) in [6.07, 6.45) is 0.784. The Hall–Kier alpha value is -2.83. The molecule has 1 aliphatic heterocycles. The highest BCUT2D eigenvalue weighted by Gasteiger charge is 2.30. The first-order valence-electron chi connectivity index (χ1n) is 10.7. The topological polar surface area (TPSA) is 65.1 Å². The number of nitrogens with zero attached hydrogens (tertiary/aromatic N) is 5. The summed E-state index contributed by atoms with van der Waals surface area (Å²) in [6, 6.07) is 6.44. The van der Waals surface area contributed by atoms with Crippen molar-refractivity contribution in [3.8, 4) is 0 Å². The number of hydrogen-bond donors (Lipinski definition) is 0. The lowest BCUT2D eigenvalue weighted by molar-refractivity contribution is 0.455. The predicted octanol–water partition coefficient (Wildman–Crippen LogP) is 3.35. The van der Waals surface area contributed by atoms with Crippen molar-refractivity contribution in [3.63, 3.8) is 0 Å². The van der Waals surface area contributed by atoms with Gasteiger partial charge >= 0.3 is 5.69 Å². The third-order valence-electron chi connectivity index (χ3n) is 5.89. The van der Waals surface area contributed by atoms with Gasteiger partial charge in [-0.2, -0.15) is 4.98 Å². The number of rotatable bonds is 4. The van der Waals surface area contributed by atoms with Crippen LogP contribution in [0.2, 0.25) is 0 Å². The first-order chi connectivity index (χ1) is 14.2. The monoisotopic (exact) mass is 409 g/mol. The summed E-state index contributed by atoms with van der Waals surface area (Å²) in [4.78, 5) is 33.3. The molecular weight excluding hydrogens is 378 g/mol. The van der Waals surface area contributed by atoms with Gasteiger partial charge in [-0.15, -0.1) is 0 Å². The van der Waals surface area contributed by atoms with Crippen LogP contribution in [0, 0.1) is 25.7 Å². The Balaban J connectivity index is 1.96. The quantitative estimate of drug-likeness (QED) is 0.663. The maximum absolute atomic E-state index is 13.4. The Bertz CT molecular complexity index is 1210. The van der Waals surface area contributed by atoms with Crippen molar-refractivity contribution >= 4 is 22.8 Å². The molecule has 30 heavy (non-hydrogen) atoms. The van der Waals surface area contributed by atoms with E-state index in [0.29, 0.717) is 36.1 Å². The van der Waals surface area contributed by atoms with Crippen LogP contribution in [0.4, 0.5) is 11.6 Å². The fraction of sp³-hybridized carbons (Fsp3) is 0.522. The number of anilines is 2. The molecule has 0 radical (unpaired) electrons. The van der Waals surface area contributed by atoms with Crippen molar-refractivity contribution in [1.82, 2.24) is 18.7 Å². The molecule has 2 aromatic heterocycles. The van der Waals surface area contributed by atoms with Gasteiger partial charge in [0.05, 0.1) is 0 Å². The minimum Gasteiger partial charge on any atom is -0.312 e. The molecule has 1 aliphatic rings. The van der Waals surface area contributed by atoms with E-state index >= 15 is 0 Å². The number of aryl methyl sites for hydroxylation is 3. The maximum Gasteiger partial charge on any atom is 0.332 e. The summed E-state index contributed by atoms with van der Waals surface area (Å²) in [5, 5.41) is 0. The molecule has 0 saturated carbocycles. The van der Waals surface area contributed by atoms with Gasteiger partial charge < -0.3 is 9.47 Å². The number of benzene rings is 1. The second kappa shape index (κ2) is 7.45. The van der Waals surface area contributed by atoms with Gasteiger partial charge in [0, 0.05) is 32.4 Å². The van der Waals surface area contributed by atoms with Crippen molar-refractivity contribution in [3.05, 3.63) is 50.2 Å². The lowest BCUT2D eigenvalue weighted by atomic mass is 10.1. The van der Waals surface area contributed by atoms with Crippen molar-refractivity contribution in [2.24, 2.45) is 18.9 Å². The molecule has 7 heteroatoms. The van der Waals surface area contributed by atoms with Gasteiger partial charge in [-0.25, -0.2) is 4.79 Å². The van der Waals surface area contributed by atoms with Crippen LogP contribution < -0.4 is 16.1 Å². The highest BCUT2D eigenvalue weighted by atomic mass is 16.2. The fourth-order valence-corrected chi connectivity index (χ4v) is 4.41. The van der Waals surface area contributed by atoms with E-state index < -0.39 is 0 Å². The zero-order valence-electron chi connectivity index (χ0n) is 18.8. The van der Waals surface area contributed by atoms with Crippen LogP contribution in [0.5, 0.6) is 0 Å². The normalized spacial score (nSPS) is 16.5. The predicted molar refractivity (Wildman–Crippen MR) is 121 cm³/mol. The molecule has 0 saturated heterocycles. The van der Waals surface area contributed by atoms with Gasteiger partial charge in [-0.3, -0.25) is 13.9 Å². The number of imidazole rings is 1. The Morgan fingerprint density at radius 1 is 1.10 bits per heavy atom. The molecule has 0 spiro atoms. The smallest absolute Gasteiger partial charge is 0.312 e. The molecular formula is C23H31N5O2. The van der Waals surface area contributed by atoms with Gasteiger partial charge in [0.15, 0.2) is 11.2 Å². The molecule has 1 aromatic carbocycles. The van der Waals surface area contributed by atoms with Crippen LogP contribution in [0.15, 0.2) is 27.8 Å². The van der Waals surface area contributed by atoms with Crippen LogP contribution in [-0.2, 0) is 20.1 Å². The standard InChI is InChI=1S/C23H31N5O2/c1-14(2)7-8-26-21(29)19-20(25(6)23(26)30)24-22-27(12-17(5)13-28(19)22)18-10-15(3)9-16(4)11-18/h9-11,14,17H,7-8,12-13H2,1-6H3/t17-/m0/s1. The van der Waals surface area contributed by atoms with E-state index in [9.17, 15) is 9.59 Å². The molecule has 0 unspecified atom stereocenters. The lowest BCUT2D eigenvalue weighted by Gasteiger charge is -2.33. The number of hydrogen-bond acceptors (Lipinski definition) is 4. The highest BCUT2D eigenvalue weighted by Crippen LogP contribution is 2.33. The van der Waals surface area contributed by atoms with E-state index in [0.717, 1.165) is 24.6 Å². The second-order valence-electron chi connectivity index (χ2n) is 9.24. The Kier molecular flexibility index (Phi) is 5.08. The third-order valence-corrected chi connectivity index (χ3v) is 5.89. The van der Waals surface area contributed by atoms with Crippen LogP contribution in [0.3, 0.4) is 0 Å². The lowest BCUT2D eigenvalue weighted by Crippen LogP contribution is -2.40. The summed E-state index contributed by atoms with van der Waals surface area (Å²) in [5.74, 6) is 1.50. The highest BCUT2D eigenvalue weighted by molar-refractivity contribution is 5.77. The van der Waals surface area contributed by atoms with Crippen molar-refractivity contribution in [1.29, 1.82) is 0 Å². The summed E-state index contributed by atoms with van der Waals surface area (Å²) in [6.45, 7) is 12.5. The zero-order valence-corrected chi connectivity index (χ0v) is 18.8. The molecule has 160 valence electrons. The molecule has 0 aliphatic carbocycles. The molecule has 0 N–H and O–H groups in total. The first kappa shape index (κ1) is 20.4. The molecule has 0 bridgehead atoms. The zero-order chi connectivity index (χ0) is 21.7. The summed E-state index contributed by atoms with van der Waals surface area (Å²) >= 11 is 0. The van der Waals surface area contributed by atoms with E-state index in [-0.39, 0.29) is 11.2 Å². The van der Waals surface area contributed by atoms with E-state index in [1.807, 2.05) is 4.57 Å². The van der Waals surface area contributed by atoms with Crippen LogP contribution in [0.25, 0.3) is 11.2 Å².